The van der Waals surface area contributed by atoms with E-state index in [1.54, 1.807) is 0 Å². The van der Waals surface area contributed by atoms with E-state index in [4.69, 9.17) is 0 Å². The molecule has 0 aromatic heterocycles. The zero-order chi connectivity index (χ0) is 11.3. The largest absolute Gasteiger partial charge is 0.305 e. The molecule has 0 aromatic rings. The Morgan fingerprint density at radius 2 is 1.71 bits per heavy atom. The molecule has 1 N–H and O–H groups in total. The Bertz CT molecular complexity index is 180. The highest BCUT2D eigenvalue weighted by Crippen LogP contribution is 2.13. The number of hydrogen-bond acceptors (Lipinski definition) is 2. The number of carbonyl (C=O) groups is 1. The highest BCUT2D eigenvalue weighted by atomic mass is 16.1. The van der Waals surface area contributed by atoms with Crippen LogP contribution >= 0.6 is 0 Å². The van der Waals surface area contributed by atoms with Gasteiger partial charge in [0.1, 0.15) is 0 Å². The molecule has 0 aliphatic rings. The summed E-state index contributed by atoms with van der Waals surface area (Å²) in [5, 5.41) is 3.36. The fourth-order valence-electron chi connectivity index (χ4n) is 1.48. The number of ketones is 1. The van der Waals surface area contributed by atoms with Crippen molar-refractivity contribution in [1.29, 1.82) is 0 Å². The van der Waals surface area contributed by atoms with Gasteiger partial charge in [0.05, 0.1) is 6.04 Å². The van der Waals surface area contributed by atoms with Gasteiger partial charge in [0, 0.05) is 13.4 Å². The third kappa shape index (κ3) is 4.23. The van der Waals surface area contributed by atoms with Gasteiger partial charge in [-0.25, -0.2) is 0 Å². The Labute approximate surface area is 89.9 Å². The van der Waals surface area contributed by atoms with E-state index in [2.05, 4.69) is 33.0 Å². The quantitative estimate of drug-likeness (QED) is 0.716. The molecule has 0 saturated carbocycles. The van der Waals surface area contributed by atoms with Gasteiger partial charge in [-0.3, -0.25) is 4.79 Å². The van der Waals surface area contributed by atoms with Crippen molar-refractivity contribution >= 4 is 5.78 Å². The molecular formula is C12H27NO. The molecule has 0 amide bonds. The van der Waals surface area contributed by atoms with Gasteiger partial charge in [-0.1, -0.05) is 48.0 Å². The van der Waals surface area contributed by atoms with Gasteiger partial charge < -0.3 is 5.32 Å². The third-order valence-corrected chi connectivity index (χ3v) is 2.60. The topological polar surface area (TPSA) is 29.1 Å². The molecule has 0 radical (unpaired) electrons. The van der Waals surface area contributed by atoms with Gasteiger partial charge >= 0.3 is 0 Å². The maximum atomic E-state index is 11.9. The second-order valence-electron chi connectivity index (χ2n) is 4.74. The van der Waals surface area contributed by atoms with Crippen LogP contribution in [0.25, 0.3) is 0 Å². The summed E-state index contributed by atoms with van der Waals surface area (Å²) in [6.45, 7) is 12.4. The van der Waals surface area contributed by atoms with Crippen molar-refractivity contribution in [1.82, 2.24) is 5.32 Å². The Balaban J connectivity index is 0. The van der Waals surface area contributed by atoms with Crippen LogP contribution < -0.4 is 5.32 Å². The summed E-state index contributed by atoms with van der Waals surface area (Å²) in [5.74, 6) is 0.889. The van der Waals surface area contributed by atoms with Gasteiger partial charge in [-0.05, 0) is 5.92 Å². The van der Waals surface area contributed by atoms with Crippen molar-refractivity contribution in [3.63, 3.8) is 0 Å². The molecule has 0 spiro atoms. The molecule has 14 heavy (non-hydrogen) atoms. The zero-order valence-electron chi connectivity index (χ0n) is 10.4. The van der Waals surface area contributed by atoms with E-state index in [1.165, 1.54) is 0 Å². The maximum Gasteiger partial charge on any atom is 0.152 e. The Morgan fingerprint density at radius 3 is 2.00 bits per heavy atom. The first kappa shape index (κ1) is 13.6. The molecule has 0 aliphatic carbocycles. The van der Waals surface area contributed by atoms with Crippen molar-refractivity contribution in [3.8, 4) is 0 Å². The van der Waals surface area contributed by atoms with Crippen LogP contribution in [-0.2, 0) is 4.79 Å². The van der Waals surface area contributed by atoms with Crippen molar-refractivity contribution in [2.45, 2.75) is 60.0 Å². The monoisotopic (exact) mass is 201 g/mol. The minimum absolute atomic E-state index is 0. The number of Topliss-reactive ketones (excluding diaryl/α,β-unsaturated/α-hetero) is 1. The minimum Gasteiger partial charge on any atom is -0.305 e. The van der Waals surface area contributed by atoms with E-state index in [-0.39, 0.29) is 13.4 Å². The first-order chi connectivity index (χ1) is 6.40. The fourth-order valence-corrected chi connectivity index (χ4v) is 1.48. The lowest BCUT2D eigenvalue weighted by Crippen LogP contribution is -2.46. The first-order valence-corrected chi connectivity index (χ1v) is 5.69. The number of carbonyl (C=O) groups excluding carboxylic acids is 1. The van der Waals surface area contributed by atoms with Crippen LogP contribution in [0, 0.1) is 11.8 Å². The molecule has 2 atom stereocenters. The van der Waals surface area contributed by atoms with Crippen molar-refractivity contribution in [3.05, 3.63) is 0 Å². The highest BCUT2D eigenvalue weighted by molar-refractivity contribution is 5.86. The van der Waals surface area contributed by atoms with E-state index in [0.29, 0.717) is 17.7 Å². The number of nitrogens with one attached hydrogen (secondary N) is 1. The molecule has 0 aromatic carbocycles. The molecule has 0 saturated heterocycles. The fraction of sp³-hybridized carbons (Fsp3) is 0.917. The van der Waals surface area contributed by atoms with Crippen molar-refractivity contribution in [2.75, 3.05) is 0 Å². The van der Waals surface area contributed by atoms with Crippen molar-refractivity contribution in [2.24, 2.45) is 11.8 Å². The lowest BCUT2D eigenvalue weighted by molar-refractivity contribution is -0.125. The molecule has 2 unspecified atom stereocenters. The number of rotatable bonds is 6. The van der Waals surface area contributed by atoms with Crippen LogP contribution in [0.15, 0.2) is 0 Å². The summed E-state index contributed by atoms with van der Waals surface area (Å²) in [6.07, 6.45) is 1.04. The standard InChI is InChI=1S/C12H25NO.H2/c1-7-10(6)11(13-9(4)5)12(14)8(2)3;/h8-11,13H,7H2,1-6H3;1H. The van der Waals surface area contributed by atoms with E-state index in [1.807, 2.05) is 13.8 Å². The van der Waals surface area contributed by atoms with E-state index in [0.717, 1.165) is 6.42 Å². The number of hydrogen-bond donors (Lipinski definition) is 1. The van der Waals surface area contributed by atoms with E-state index in [9.17, 15) is 4.79 Å². The third-order valence-electron chi connectivity index (χ3n) is 2.60. The Morgan fingerprint density at radius 1 is 1.21 bits per heavy atom. The predicted octanol–water partition coefficient (Wildman–Crippen LogP) is 2.87. The molecule has 2 nitrogen and oxygen atoms in total. The average Bonchev–Trinajstić information content (AvgIpc) is 2.11. The summed E-state index contributed by atoms with van der Waals surface area (Å²) in [4.78, 5) is 11.9. The van der Waals surface area contributed by atoms with E-state index < -0.39 is 0 Å². The first-order valence-electron chi connectivity index (χ1n) is 5.69. The summed E-state index contributed by atoms with van der Waals surface area (Å²) in [5.41, 5.74) is 0. The van der Waals surface area contributed by atoms with Crippen LogP contribution in [0.3, 0.4) is 0 Å². The van der Waals surface area contributed by atoms with Crippen LogP contribution in [0.2, 0.25) is 0 Å². The molecule has 0 rings (SSSR count). The molecule has 0 bridgehead atoms. The summed E-state index contributed by atoms with van der Waals surface area (Å²) in [6, 6.07) is 0.400. The lowest BCUT2D eigenvalue weighted by atomic mass is 9.90. The molecule has 2 heteroatoms. The van der Waals surface area contributed by atoms with Gasteiger partial charge in [0.25, 0.3) is 0 Å². The normalized spacial score (nSPS) is 16.0. The summed E-state index contributed by atoms with van der Waals surface area (Å²) < 4.78 is 0. The van der Waals surface area contributed by atoms with Crippen molar-refractivity contribution < 1.29 is 6.22 Å². The SMILES string of the molecule is CCC(C)C(NC(C)C)C(=O)C(C)C.[HH]. The van der Waals surface area contributed by atoms with Gasteiger partial charge in [0.15, 0.2) is 5.78 Å². The lowest BCUT2D eigenvalue weighted by Gasteiger charge is -2.26. The van der Waals surface area contributed by atoms with Crippen LogP contribution in [-0.4, -0.2) is 17.9 Å². The van der Waals surface area contributed by atoms with Crippen LogP contribution in [0.4, 0.5) is 0 Å². The van der Waals surface area contributed by atoms with Crippen LogP contribution in [0.1, 0.15) is 49.4 Å². The smallest absolute Gasteiger partial charge is 0.152 e. The maximum absolute atomic E-state index is 11.9. The van der Waals surface area contributed by atoms with E-state index >= 15 is 0 Å². The second-order valence-corrected chi connectivity index (χ2v) is 4.74. The highest BCUT2D eigenvalue weighted by Gasteiger charge is 2.25. The Hall–Kier alpha value is -0.370. The average molecular weight is 201 g/mol. The molecule has 0 aliphatic heterocycles. The summed E-state index contributed by atoms with van der Waals surface area (Å²) in [7, 11) is 0. The van der Waals surface area contributed by atoms with Gasteiger partial charge in [0.2, 0.25) is 0 Å². The molecular weight excluding hydrogens is 174 g/mol. The second kappa shape index (κ2) is 6.18. The predicted molar refractivity (Wildman–Crippen MR) is 63.5 cm³/mol. The Kier molecular flexibility index (Phi) is 6.01. The molecule has 0 heterocycles. The summed E-state index contributed by atoms with van der Waals surface area (Å²) >= 11 is 0. The van der Waals surface area contributed by atoms with Gasteiger partial charge in [-0.2, -0.15) is 0 Å². The van der Waals surface area contributed by atoms with Gasteiger partial charge in [-0.15, -0.1) is 0 Å². The minimum atomic E-state index is 0. The molecule has 86 valence electrons. The molecule has 0 fully saturated rings. The van der Waals surface area contributed by atoms with Crippen LogP contribution in [0.5, 0.6) is 0 Å². The zero-order valence-corrected chi connectivity index (χ0v) is 10.4.